The molecule has 0 spiro atoms. The zero-order valence-corrected chi connectivity index (χ0v) is 10.6. The number of hydrogen-bond acceptors (Lipinski definition) is 2. The number of carboxylic acids is 1. The van der Waals surface area contributed by atoms with E-state index in [2.05, 4.69) is 0 Å². The molecule has 1 aromatic rings. The van der Waals surface area contributed by atoms with Crippen LogP contribution in [0.2, 0.25) is 0 Å². The predicted octanol–water partition coefficient (Wildman–Crippen LogP) is 2.25. The van der Waals surface area contributed by atoms with E-state index in [1.165, 1.54) is 0 Å². The lowest BCUT2D eigenvalue weighted by Crippen LogP contribution is -2.40. The van der Waals surface area contributed by atoms with Crippen LogP contribution in [-0.2, 0) is 9.59 Å². The van der Waals surface area contributed by atoms with Gasteiger partial charge in [-0.25, -0.2) is 0 Å². The van der Waals surface area contributed by atoms with Crippen LogP contribution in [-0.4, -0.2) is 23.5 Å². The Morgan fingerprint density at radius 2 is 2.00 bits per heavy atom. The van der Waals surface area contributed by atoms with Gasteiger partial charge in [-0.2, -0.15) is 0 Å². The number of anilines is 1. The lowest BCUT2D eigenvalue weighted by atomic mass is 9.89. The van der Waals surface area contributed by atoms with Crippen LogP contribution in [0.15, 0.2) is 24.3 Å². The van der Waals surface area contributed by atoms with Crippen molar-refractivity contribution in [2.45, 2.75) is 26.2 Å². The predicted molar refractivity (Wildman–Crippen MR) is 68.6 cm³/mol. The molecule has 0 bridgehead atoms. The Morgan fingerprint density at radius 3 is 2.61 bits per heavy atom. The van der Waals surface area contributed by atoms with Crippen molar-refractivity contribution in [1.29, 1.82) is 0 Å². The van der Waals surface area contributed by atoms with Gasteiger partial charge in [-0.15, -0.1) is 0 Å². The van der Waals surface area contributed by atoms with Crippen LogP contribution in [0.4, 0.5) is 5.69 Å². The summed E-state index contributed by atoms with van der Waals surface area (Å²) in [5, 5.41) is 9.22. The second-order valence-corrected chi connectivity index (χ2v) is 4.88. The molecule has 1 heterocycles. The van der Waals surface area contributed by atoms with Crippen LogP contribution in [0.1, 0.15) is 31.7 Å². The Balaban J connectivity index is 2.42. The van der Waals surface area contributed by atoms with Gasteiger partial charge in [-0.1, -0.05) is 32.0 Å². The van der Waals surface area contributed by atoms with E-state index < -0.39 is 11.9 Å². The molecule has 0 radical (unpaired) electrons. The average molecular weight is 247 g/mol. The van der Waals surface area contributed by atoms with Crippen LogP contribution >= 0.6 is 0 Å². The van der Waals surface area contributed by atoms with Gasteiger partial charge in [0.15, 0.2) is 0 Å². The van der Waals surface area contributed by atoms with Crippen molar-refractivity contribution in [3.05, 3.63) is 29.8 Å². The molecule has 1 unspecified atom stereocenters. The molecule has 0 saturated carbocycles. The number of carbonyl (C=O) groups excluding carboxylic acids is 1. The summed E-state index contributed by atoms with van der Waals surface area (Å²) in [4.78, 5) is 25.0. The summed E-state index contributed by atoms with van der Waals surface area (Å²) < 4.78 is 0. The van der Waals surface area contributed by atoms with Crippen molar-refractivity contribution in [2.24, 2.45) is 5.92 Å². The Morgan fingerprint density at radius 1 is 1.33 bits per heavy atom. The van der Waals surface area contributed by atoms with Gasteiger partial charge in [0.05, 0.1) is 5.92 Å². The highest BCUT2D eigenvalue weighted by atomic mass is 16.4. The summed E-state index contributed by atoms with van der Waals surface area (Å²) in [6.07, 6.45) is 0.477. The molecule has 4 nitrogen and oxygen atoms in total. The van der Waals surface area contributed by atoms with Gasteiger partial charge in [-0.05, 0) is 18.1 Å². The molecule has 1 amide bonds. The molecular weight excluding hydrogens is 230 g/mol. The van der Waals surface area contributed by atoms with Gasteiger partial charge in [-0.3, -0.25) is 9.59 Å². The molecule has 0 aliphatic carbocycles. The van der Waals surface area contributed by atoms with Gasteiger partial charge >= 0.3 is 5.97 Å². The summed E-state index contributed by atoms with van der Waals surface area (Å²) in [5.74, 6) is -1.36. The highest BCUT2D eigenvalue weighted by molar-refractivity contribution is 5.97. The quantitative estimate of drug-likeness (QED) is 0.872. The minimum atomic E-state index is -0.820. The maximum absolute atomic E-state index is 12.1. The third kappa shape index (κ3) is 2.10. The van der Waals surface area contributed by atoms with Crippen LogP contribution in [0.5, 0.6) is 0 Å². The van der Waals surface area contributed by atoms with E-state index in [9.17, 15) is 14.7 Å². The standard InChI is InChI=1S/C14H17NO3/c1-9(2)13(16)15-8-7-11(14(17)18)10-5-3-4-6-12(10)15/h3-6,9,11H,7-8H2,1-2H3,(H,17,18). The molecule has 0 fully saturated rings. The van der Waals surface area contributed by atoms with Crippen molar-refractivity contribution in [3.8, 4) is 0 Å². The fourth-order valence-electron chi connectivity index (χ4n) is 2.36. The van der Waals surface area contributed by atoms with Crippen LogP contribution in [0.25, 0.3) is 0 Å². The Kier molecular flexibility index (Phi) is 3.36. The number of rotatable bonds is 2. The molecule has 1 N–H and O–H groups in total. The lowest BCUT2D eigenvalue weighted by molar-refractivity contribution is -0.139. The third-order valence-corrected chi connectivity index (χ3v) is 3.30. The molecule has 1 aliphatic heterocycles. The highest BCUT2D eigenvalue weighted by Crippen LogP contribution is 2.35. The first-order valence-electron chi connectivity index (χ1n) is 6.15. The van der Waals surface area contributed by atoms with Gasteiger partial charge in [0, 0.05) is 18.2 Å². The number of benzene rings is 1. The van der Waals surface area contributed by atoms with E-state index in [1.807, 2.05) is 32.0 Å². The number of aliphatic carboxylic acids is 1. The Hall–Kier alpha value is -1.84. The number of carbonyl (C=O) groups is 2. The van der Waals surface area contributed by atoms with E-state index >= 15 is 0 Å². The summed E-state index contributed by atoms with van der Waals surface area (Å²) >= 11 is 0. The summed E-state index contributed by atoms with van der Waals surface area (Å²) in [7, 11) is 0. The van der Waals surface area contributed by atoms with Crippen LogP contribution in [0.3, 0.4) is 0 Å². The molecule has 0 aromatic heterocycles. The fraction of sp³-hybridized carbons (Fsp3) is 0.429. The number of carboxylic acid groups (broad SMARTS) is 1. The highest BCUT2D eigenvalue weighted by Gasteiger charge is 2.32. The number of para-hydroxylation sites is 1. The second kappa shape index (κ2) is 4.80. The zero-order chi connectivity index (χ0) is 13.3. The van der Waals surface area contributed by atoms with Gasteiger partial charge in [0.2, 0.25) is 5.91 Å². The third-order valence-electron chi connectivity index (χ3n) is 3.30. The van der Waals surface area contributed by atoms with Crippen molar-refractivity contribution < 1.29 is 14.7 Å². The van der Waals surface area contributed by atoms with E-state index in [-0.39, 0.29) is 11.8 Å². The Bertz CT molecular complexity index is 482. The largest absolute Gasteiger partial charge is 0.481 e. The van der Waals surface area contributed by atoms with Crippen molar-refractivity contribution in [2.75, 3.05) is 11.4 Å². The summed E-state index contributed by atoms with van der Waals surface area (Å²) in [6, 6.07) is 7.28. The molecule has 4 heteroatoms. The number of hydrogen-bond donors (Lipinski definition) is 1. The van der Waals surface area contributed by atoms with Crippen molar-refractivity contribution in [1.82, 2.24) is 0 Å². The topological polar surface area (TPSA) is 57.6 Å². The summed E-state index contributed by atoms with van der Waals surface area (Å²) in [5.41, 5.74) is 1.49. The van der Waals surface area contributed by atoms with Crippen LogP contribution < -0.4 is 4.90 Å². The monoisotopic (exact) mass is 247 g/mol. The lowest BCUT2D eigenvalue weighted by Gasteiger charge is -2.33. The SMILES string of the molecule is CC(C)C(=O)N1CCC(C(=O)O)c2ccccc21. The fourth-order valence-corrected chi connectivity index (χ4v) is 2.36. The first kappa shape index (κ1) is 12.6. The molecule has 2 rings (SSSR count). The van der Waals surface area contributed by atoms with E-state index in [4.69, 9.17) is 0 Å². The first-order chi connectivity index (χ1) is 8.52. The number of fused-ring (bicyclic) bond motifs is 1. The van der Waals surface area contributed by atoms with Gasteiger partial charge in [0.25, 0.3) is 0 Å². The second-order valence-electron chi connectivity index (χ2n) is 4.88. The van der Waals surface area contributed by atoms with E-state index in [0.29, 0.717) is 13.0 Å². The average Bonchev–Trinajstić information content (AvgIpc) is 2.36. The van der Waals surface area contributed by atoms with E-state index in [0.717, 1.165) is 11.3 Å². The zero-order valence-electron chi connectivity index (χ0n) is 10.6. The first-order valence-corrected chi connectivity index (χ1v) is 6.15. The van der Waals surface area contributed by atoms with Crippen LogP contribution in [0, 0.1) is 5.92 Å². The van der Waals surface area contributed by atoms with Crippen molar-refractivity contribution >= 4 is 17.6 Å². The Labute approximate surface area is 106 Å². The van der Waals surface area contributed by atoms with E-state index in [1.54, 1.807) is 11.0 Å². The number of nitrogens with zero attached hydrogens (tertiary/aromatic N) is 1. The van der Waals surface area contributed by atoms with Gasteiger partial charge in [0.1, 0.15) is 0 Å². The molecular formula is C14H17NO3. The maximum atomic E-state index is 12.1. The molecule has 0 saturated heterocycles. The molecule has 96 valence electrons. The minimum absolute atomic E-state index is 0.0475. The maximum Gasteiger partial charge on any atom is 0.311 e. The normalized spacial score (nSPS) is 18.6. The summed E-state index contributed by atoms with van der Waals surface area (Å²) in [6.45, 7) is 4.19. The molecule has 1 atom stereocenters. The molecule has 1 aliphatic rings. The smallest absolute Gasteiger partial charge is 0.311 e. The molecule has 18 heavy (non-hydrogen) atoms. The van der Waals surface area contributed by atoms with Crippen molar-refractivity contribution in [3.63, 3.8) is 0 Å². The van der Waals surface area contributed by atoms with Gasteiger partial charge < -0.3 is 10.0 Å². The molecule has 1 aromatic carbocycles. The minimum Gasteiger partial charge on any atom is -0.481 e. The number of amides is 1.